The molecule has 1 aromatic heterocycles. The molecule has 0 N–H and O–H groups in total. The lowest BCUT2D eigenvalue weighted by Crippen LogP contribution is -2.15. The van der Waals surface area contributed by atoms with Crippen LogP contribution in [0.3, 0.4) is 0 Å². The third kappa shape index (κ3) is 2.97. The minimum absolute atomic E-state index is 0.517. The molecule has 0 unspecified atom stereocenters. The number of benzene rings is 2. The van der Waals surface area contributed by atoms with Gasteiger partial charge in [0.25, 0.3) is 0 Å². The summed E-state index contributed by atoms with van der Waals surface area (Å²) in [5.41, 5.74) is 4.46. The Hall–Kier alpha value is -1.22. The van der Waals surface area contributed by atoms with Crippen molar-refractivity contribution in [2.24, 2.45) is 11.3 Å². The fourth-order valence-electron chi connectivity index (χ4n) is 4.51. The van der Waals surface area contributed by atoms with E-state index in [0.717, 1.165) is 41.4 Å². The number of aromatic nitrogens is 2. The minimum atomic E-state index is 0.517. The van der Waals surface area contributed by atoms with Crippen LogP contribution in [0.1, 0.15) is 38.4 Å². The van der Waals surface area contributed by atoms with Crippen molar-refractivity contribution in [1.82, 2.24) is 9.55 Å². The van der Waals surface area contributed by atoms with Crippen molar-refractivity contribution in [3.63, 3.8) is 0 Å². The number of fused-ring (bicyclic) bond motifs is 1. The van der Waals surface area contributed by atoms with Crippen LogP contribution >= 0.6 is 34.8 Å². The highest BCUT2D eigenvalue weighted by Crippen LogP contribution is 2.62. The van der Waals surface area contributed by atoms with E-state index in [1.165, 1.54) is 31.2 Å². The number of para-hydroxylation sites is 1. The van der Waals surface area contributed by atoms with Gasteiger partial charge in [-0.05, 0) is 55.2 Å². The Morgan fingerprint density at radius 2 is 1.81 bits per heavy atom. The first-order chi connectivity index (χ1) is 13.0. The Labute approximate surface area is 174 Å². The second-order valence-electron chi connectivity index (χ2n) is 8.02. The number of nitrogens with zero attached hydrogens (tertiary/aromatic N) is 2. The Balaban J connectivity index is 1.68. The summed E-state index contributed by atoms with van der Waals surface area (Å²) in [7, 11) is 0. The Bertz CT molecular complexity index is 1020. The number of imidazole rings is 1. The lowest BCUT2D eigenvalue weighted by molar-refractivity contribution is 0.369. The Kier molecular flexibility index (Phi) is 4.23. The van der Waals surface area contributed by atoms with Crippen molar-refractivity contribution < 1.29 is 0 Å². The lowest BCUT2D eigenvalue weighted by Gasteiger charge is -2.17. The molecule has 1 heterocycles. The van der Waals surface area contributed by atoms with Crippen molar-refractivity contribution in [2.45, 2.75) is 45.6 Å². The van der Waals surface area contributed by atoms with Gasteiger partial charge in [-0.15, -0.1) is 0 Å². The van der Waals surface area contributed by atoms with Gasteiger partial charge in [0, 0.05) is 29.1 Å². The van der Waals surface area contributed by atoms with Gasteiger partial charge in [-0.1, -0.05) is 53.9 Å². The molecule has 0 bridgehead atoms. The molecule has 2 aromatic carbocycles. The number of aryl methyl sites for hydroxylation is 1. The molecule has 0 saturated heterocycles. The smallest absolute Gasteiger partial charge is 0.109 e. The Morgan fingerprint density at radius 3 is 2.41 bits per heavy atom. The summed E-state index contributed by atoms with van der Waals surface area (Å²) >= 11 is 19.1. The van der Waals surface area contributed by atoms with E-state index < -0.39 is 0 Å². The molecule has 27 heavy (non-hydrogen) atoms. The summed E-state index contributed by atoms with van der Waals surface area (Å²) in [6, 6.07) is 9.78. The number of halogens is 3. The van der Waals surface area contributed by atoms with Crippen LogP contribution in [-0.2, 0) is 13.0 Å². The van der Waals surface area contributed by atoms with Crippen LogP contribution in [0.25, 0.3) is 22.2 Å². The van der Waals surface area contributed by atoms with Crippen LogP contribution in [0, 0.1) is 11.3 Å². The predicted octanol–water partition coefficient (Wildman–Crippen LogP) is 7.42. The van der Waals surface area contributed by atoms with Crippen molar-refractivity contribution in [1.29, 1.82) is 0 Å². The quantitative estimate of drug-likeness (QED) is 0.421. The zero-order chi connectivity index (χ0) is 18.8. The molecule has 0 radical (unpaired) electrons. The zero-order valence-electron chi connectivity index (χ0n) is 15.2. The summed E-state index contributed by atoms with van der Waals surface area (Å²) in [5.74, 6) is 2.06. The number of rotatable bonds is 5. The lowest BCUT2D eigenvalue weighted by atomic mass is 10.00. The van der Waals surface area contributed by atoms with Crippen LogP contribution in [-0.4, -0.2) is 9.55 Å². The van der Waals surface area contributed by atoms with Gasteiger partial charge in [-0.2, -0.15) is 0 Å². The molecule has 5 heteroatoms. The van der Waals surface area contributed by atoms with E-state index in [1.807, 2.05) is 6.07 Å². The summed E-state index contributed by atoms with van der Waals surface area (Å²) in [6.45, 7) is 3.26. The molecule has 5 rings (SSSR count). The summed E-state index contributed by atoms with van der Waals surface area (Å²) in [4.78, 5) is 5.02. The topological polar surface area (TPSA) is 17.8 Å². The second kappa shape index (κ2) is 6.40. The van der Waals surface area contributed by atoms with Gasteiger partial charge in [-0.3, -0.25) is 0 Å². The molecular formula is C22H21Cl3N2. The first-order valence-electron chi connectivity index (χ1n) is 9.65. The van der Waals surface area contributed by atoms with Crippen LogP contribution in [0.4, 0.5) is 0 Å². The SMILES string of the molecule is CCc1nc2c(-c3c(Cl)cc(Cl)cc3Cl)cccc2n1CC1(C2CC2)CC1. The number of hydrogen-bond acceptors (Lipinski definition) is 1. The highest BCUT2D eigenvalue weighted by molar-refractivity contribution is 6.42. The van der Waals surface area contributed by atoms with Gasteiger partial charge in [0.05, 0.1) is 21.1 Å². The molecule has 2 nitrogen and oxygen atoms in total. The monoisotopic (exact) mass is 418 g/mol. The van der Waals surface area contributed by atoms with Crippen molar-refractivity contribution >= 4 is 45.8 Å². The highest BCUT2D eigenvalue weighted by Gasteiger charge is 2.54. The van der Waals surface area contributed by atoms with Crippen molar-refractivity contribution in [2.75, 3.05) is 0 Å². The molecule has 2 saturated carbocycles. The molecule has 0 atom stereocenters. The van der Waals surface area contributed by atoms with E-state index in [0.29, 0.717) is 20.5 Å². The van der Waals surface area contributed by atoms with E-state index in [4.69, 9.17) is 39.8 Å². The van der Waals surface area contributed by atoms with Gasteiger partial charge in [0.1, 0.15) is 5.82 Å². The van der Waals surface area contributed by atoms with Gasteiger partial charge < -0.3 is 4.57 Å². The third-order valence-corrected chi connectivity index (χ3v) is 7.07. The molecule has 2 fully saturated rings. The average Bonchev–Trinajstić information content (AvgIpc) is 3.52. The van der Waals surface area contributed by atoms with E-state index in [9.17, 15) is 0 Å². The molecule has 2 aliphatic carbocycles. The third-order valence-electron chi connectivity index (χ3n) is 6.26. The van der Waals surface area contributed by atoms with Crippen LogP contribution in [0.5, 0.6) is 0 Å². The summed E-state index contributed by atoms with van der Waals surface area (Å²) in [5, 5.41) is 1.66. The standard InChI is InChI=1S/C22H21Cl3N2/c1-2-19-26-21-15(20-16(24)10-14(23)11-17(20)25)4-3-5-18(21)27(19)12-22(8-9-22)13-6-7-13/h3-5,10-11,13H,2,6-9,12H2,1H3. The molecule has 0 aliphatic heterocycles. The molecule has 2 aliphatic rings. The van der Waals surface area contributed by atoms with E-state index in [-0.39, 0.29) is 0 Å². The Morgan fingerprint density at radius 1 is 1.11 bits per heavy atom. The molecule has 3 aromatic rings. The van der Waals surface area contributed by atoms with Crippen molar-refractivity contribution in [3.05, 3.63) is 51.2 Å². The fraction of sp³-hybridized carbons (Fsp3) is 0.409. The van der Waals surface area contributed by atoms with Crippen LogP contribution < -0.4 is 0 Å². The van der Waals surface area contributed by atoms with Crippen LogP contribution in [0.15, 0.2) is 30.3 Å². The summed E-state index contributed by atoms with van der Waals surface area (Å²) in [6.07, 6.45) is 6.42. The molecule has 0 amide bonds. The maximum atomic E-state index is 6.51. The molecule has 0 spiro atoms. The first-order valence-corrected chi connectivity index (χ1v) is 10.8. The zero-order valence-corrected chi connectivity index (χ0v) is 17.5. The van der Waals surface area contributed by atoms with Gasteiger partial charge in [0.15, 0.2) is 0 Å². The summed E-state index contributed by atoms with van der Waals surface area (Å²) < 4.78 is 2.45. The van der Waals surface area contributed by atoms with Crippen molar-refractivity contribution in [3.8, 4) is 11.1 Å². The highest BCUT2D eigenvalue weighted by atomic mass is 35.5. The van der Waals surface area contributed by atoms with E-state index in [2.05, 4.69) is 23.6 Å². The number of hydrogen-bond donors (Lipinski definition) is 0. The van der Waals surface area contributed by atoms with Crippen LogP contribution in [0.2, 0.25) is 15.1 Å². The first kappa shape index (κ1) is 17.8. The average molecular weight is 420 g/mol. The largest absolute Gasteiger partial charge is 0.327 e. The molecular weight excluding hydrogens is 399 g/mol. The molecule has 140 valence electrons. The van der Waals surface area contributed by atoms with E-state index >= 15 is 0 Å². The maximum absolute atomic E-state index is 6.51. The fourth-order valence-corrected chi connectivity index (χ4v) is 5.53. The maximum Gasteiger partial charge on any atom is 0.109 e. The predicted molar refractivity (Wildman–Crippen MR) is 114 cm³/mol. The minimum Gasteiger partial charge on any atom is -0.327 e. The second-order valence-corrected chi connectivity index (χ2v) is 9.27. The van der Waals surface area contributed by atoms with Gasteiger partial charge >= 0.3 is 0 Å². The normalized spacial score (nSPS) is 18.2. The van der Waals surface area contributed by atoms with E-state index in [1.54, 1.807) is 12.1 Å². The van der Waals surface area contributed by atoms with Gasteiger partial charge in [-0.25, -0.2) is 4.98 Å². The van der Waals surface area contributed by atoms with Gasteiger partial charge in [0.2, 0.25) is 0 Å².